The number of likely N-dealkylation sites (N-methyl/N-ethyl adjacent to an activating group) is 1. The van der Waals surface area contributed by atoms with Crippen molar-refractivity contribution in [3.63, 3.8) is 0 Å². The van der Waals surface area contributed by atoms with Crippen LogP contribution in [0.25, 0.3) is 22.4 Å². The predicted molar refractivity (Wildman–Crippen MR) is 85.7 cm³/mol. The number of hydrogen-bond donors (Lipinski definition) is 0. The van der Waals surface area contributed by atoms with Crippen molar-refractivity contribution in [2.24, 2.45) is 7.05 Å². The van der Waals surface area contributed by atoms with Gasteiger partial charge in [0.05, 0.1) is 17.5 Å². The number of pyridine rings is 1. The molecule has 0 saturated heterocycles. The van der Waals surface area contributed by atoms with Gasteiger partial charge in [0.25, 0.3) is 0 Å². The maximum absolute atomic E-state index is 12.0. The third-order valence-corrected chi connectivity index (χ3v) is 4.25. The number of aryl methyl sites for hydroxylation is 1. The van der Waals surface area contributed by atoms with Gasteiger partial charge in [0.1, 0.15) is 5.82 Å². The lowest BCUT2D eigenvalue weighted by Gasteiger charge is -2.14. The Bertz CT molecular complexity index is 883. The molecular weight excluding hydrogens is 276 g/mol. The molecule has 0 saturated carbocycles. The van der Waals surface area contributed by atoms with Crippen LogP contribution in [0.1, 0.15) is 12.5 Å². The molecule has 0 radical (unpaired) electrons. The van der Waals surface area contributed by atoms with Gasteiger partial charge in [0, 0.05) is 37.2 Å². The largest absolute Gasteiger partial charge is 0.327 e. The van der Waals surface area contributed by atoms with Crippen molar-refractivity contribution in [3.8, 4) is 11.4 Å². The molecule has 0 aliphatic carbocycles. The lowest BCUT2D eigenvalue weighted by molar-refractivity contribution is -0.117. The van der Waals surface area contributed by atoms with Gasteiger partial charge in [-0.15, -0.1) is 0 Å². The van der Waals surface area contributed by atoms with Gasteiger partial charge < -0.3 is 9.47 Å². The minimum absolute atomic E-state index is 0.167. The molecule has 5 heteroatoms. The van der Waals surface area contributed by atoms with E-state index in [0.29, 0.717) is 13.0 Å². The first-order valence-electron chi connectivity index (χ1n) is 7.39. The number of amides is 1. The van der Waals surface area contributed by atoms with Crippen LogP contribution in [-0.2, 0) is 18.3 Å². The average molecular weight is 292 g/mol. The van der Waals surface area contributed by atoms with Crippen molar-refractivity contribution in [1.29, 1.82) is 0 Å². The van der Waals surface area contributed by atoms with Crippen molar-refractivity contribution in [2.75, 3.05) is 11.4 Å². The first-order valence-corrected chi connectivity index (χ1v) is 7.39. The first kappa shape index (κ1) is 13.0. The standard InChI is InChI=1S/C17H16N4O/c1-3-21-14-9-15-13(7-12(14)8-16(21)22)19-17(20(15)2)11-5-4-6-18-10-11/h4-7,9-10H,3,8H2,1-2H3. The van der Waals surface area contributed by atoms with Crippen LogP contribution < -0.4 is 4.90 Å². The van der Waals surface area contributed by atoms with Gasteiger partial charge in [-0.25, -0.2) is 4.98 Å². The topological polar surface area (TPSA) is 51.0 Å². The van der Waals surface area contributed by atoms with E-state index in [1.807, 2.05) is 43.3 Å². The summed E-state index contributed by atoms with van der Waals surface area (Å²) in [4.78, 5) is 22.8. The number of hydrogen-bond acceptors (Lipinski definition) is 3. The van der Waals surface area contributed by atoms with Gasteiger partial charge in [-0.05, 0) is 36.8 Å². The van der Waals surface area contributed by atoms with Crippen LogP contribution in [0.5, 0.6) is 0 Å². The zero-order valence-electron chi connectivity index (χ0n) is 12.6. The Morgan fingerprint density at radius 2 is 2.18 bits per heavy atom. The Kier molecular flexibility index (Phi) is 2.76. The van der Waals surface area contributed by atoms with Crippen LogP contribution in [0.4, 0.5) is 5.69 Å². The third-order valence-electron chi connectivity index (χ3n) is 4.25. The Balaban J connectivity index is 1.93. The van der Waals surface area contributed by atoms with E-state index in [4.69, 9.17) is 4.98 Å². The molecule has 1 amide bonds. The fourth-order valence-corrected chi connectivity index (χ4v) is 3.16. The fourth-order valence-electron chi connectivity index (χ4n) is 3.16. The summed E-state index contributed by atoms with van der Waals surface area (Å²) in [6.45, 7) is 2.70. The van der Waals surface area contributed by atoms with Crippen molar-refractivity contribution in [2.45, 2.75) is 13.3 Å². The maximum Gasteiger partial charge on any atom is 0.231 e. The number of fused-ring (bicyclic) bond motifs is 2. The summed E-state index contributed by atoms with van der Waals surface area (Å²) in [5.41, 5.74) is 5.03. The zero-order valence-corrected chi connectivity index (χ0v) is 12.6. The van der Waals surface area contributed by atoms with Crippen LogP contribution in [0.3, 0.4) is 0 Å². The zero-order chi connectivity index (χ0) is 15.3. The van der Waals surface area contributed by atoms with Gasteiger partial charge in [-0.2, -0.15) is 0 Å². The smallest absolute Gasteiger partial charge is 0.231 e. The third kappa shape index (κ3) is 1.75. The van der Waals surface area contributed by atoms with Gasteiger partial charge in [-0.1, -0.05) is 0 Å². The number of carbonyl (C=O) groups is 1. The highest BCUT2D eigenvalue weighted by atomic mass is 16.2. The molecule has 22 heavy (non-hydrogen) atoms. The Morgan fingerprint density at radius 3 is 2.91 bits per heavy atom. The average Bonchev–Trinajstić information content (AvgIpc) is 3.02. The maximum atomic E-state index is 12.0. The van der Waals surface area contributed by atoms with Gasteiger partial charge >= 0.3 is 0 Å². The summed E-state index contributed by atoms with van der Waals surface area (Å²) >= 11 is 0. The number of anilines is 1. The van der Waals surface area contributed by atoms with Gasteiger partial charge in [-0.3, -0.25) is 9.78 Å². The molecule has 0 N–H and O–H groups in total. The monoisotopic (exact) mass is 292 g/mol. The molecular formula is C17H16N4O. The van der Waals surface area contributed by atoms with Crippen molar-refractivity contribution in [1.82, 2.24) is 14.5 Å². The lowest BCUT2D eigenvalue weighted by Crippen LogP contribution is -2.25. The molecule has 0 unspecified atom stereocenters. The summed E-state index contributed by atoms with van der Waals surface area (Å²) in [6, 6.07) is 8.03. The summed E-state index contributed by atoms with van der Waals surface area (Å²) in [6.07, 6.45) is 4.04. The molecule has 2 aromatic heterocycles. The molecule has 0 bridgehead atoms. The Hall–Kier alpha value is -2.69. The minimum Gasteiger partial charge on any atom is -0.327 e. The second-order valence-corrected chi connectivity index (χ2v) is 5.52. The van der Waals surface area contributed by atoms with Crippen LogP contribution in [-0.4, -0.2) is 27.0 Å². The van der Waals surface area contributed by atoms with Crippen molar-refractivity contribution >= 4 is 22.6 Å². The Morgan fingerprint density at radius 1 is 1.32 bits per heavy atom. The molecule has 110 valence electrons. The summed E-state index contributed by atoms with van der Waals surface area (Å²) in [7, 11) is 2.00. The lowest BCUT2D eigenvalue weighted by atomic mass is 10.1. The van der Waals surface area contributed by atoms with E-state index in [0.717, 1.165) is 33.7 Å². The number of rotatable bonds is 2. The number of aromatic nitrogens is 3. The van der Waals surface area contributed by atoms with Crippen LogP contribution in [0.15, 0.2) is 36.7 Å². The minimum atomic E-state index is 0.167. The van der Waals surface area contributed by atoms with Crippen LogP contribution >= 0.6 is 0 Å². The van der Waals surface area contributed by atoms with E-state index >= 15 is 0 Å². The normalized spacial score (nSPS) is 13.9. The number of nitrogens with zero attached hydrogens (tertiary/aromatic N) is 4. The predicted octanol–water partition coefficient (Wildman–Crippen LogP) is 2.54. The highest BCUT2D eigenvalue weighted by Gasteiger charge is 2.27. The molecule has 1 aliphatic heterocycles. The number of carbonyl (C=O) groups excluding carboxylic acids is 1. The summed E-state index contributed by atoms with van der Waals surface area (Å²) in [5.74, 6) is 1.06. The summed E-state index contributed by atoms with van der Waals surface area (Å²) < 4.78 is 2.06. The second-order valence-electron chi connectivity index (χ2n) is 5.52. The molecule has 0 atom stereocenters. The van der Waals surface area contributed by atoms with Gasteiger partial charge in [0.15, 0.2) is 0 Å². The second kappa shape index (κ2) is 4.66. The summed E-state index contributed by atoms with van der Waals surface area (Å²) in [5, 5.41) is 0. The molecule has 3 heterocycles. The molecule has 5 nitrogen and oxygen atoms in total. The van der Waals surface area contributed by atoms with Crippen molar-refractivity contribution < 1.29 is 4.79 Å². The SMILES string of the molecule is CCN1C(=O)Cc2cc3nc(-c4cccnc4)n(C)c3cc21. The molecule has 0 fully saturated rings. The van der Waals surface area contributed by atoms with E-state index in [1.165, 1.54) is 0 Å². The highest BCUT2D eigenvalue weighted by Crippen LogP contribution is 2.34. The first-order chi connectivity index (χ1) is 10.7. The number of benzene rings is 1. The van der Waals surface area contributed by atoms with Crippen LogP contribution in [0.2, 0.25) is 0 Å². The molecule has 4 rings (SSSR count). The highest BCUT2D eigenvalue weighted by molar-refractivity contribution is 6.04. The van der Waals surface area contributed by atoms with E-state index in [2.05, 4.69) is 15.6 Å². The quantitative estimate of drug-likeness (QED) is 0.729. The molecule has 1 aliphatic rings. The van der Waals surface area contributed by atoms with E-state index < -0.39 is 0 Å². The molecule has 3 aromatic rings. The fraction of sp³-hybridized carbons (Fsp3) is 0.235. The number of imidazole rings is 1. The van der Waals surface area contributed by atoms with Gasteiger partial charge in [0.2, 0.25) is 5.91 Å². The van der Waals surface area contributed by atoms with E-state index in [9.17, 15) is 4.79 Å². The van der Waals surface area contributed by atoms with E-state index in [-0.39, 0.29) is 5.91 Å². The van der Waals surface area contributed by atoms with E-state index in [1.54, 1.807) is 6.20 Å². The Labute approximate surface area is 128 Å². The molecule has 1 aromatic carbocycles. The van der Waals surface area contributed by atoms with Crippen molar-refractivity contribution in [3.05, 3.63) is 42.2 Å². The molecule has 0 spiro atoms. The van der Waals surface area contributed by atoms with Crippen LogP contribution in [0, 0.1) is 0 Å².